The van der Waals surface area contributed by atoms with Gasteiger partial charge in [0.2, 0.25) is 5.91 Å². The van der Waals surface area contributed by atoms with Crippen molar-refractivity contribution in [2.45, 2.75) is 52.6 Å². The number of carbonyl (C=O) groups is 1. The molecule has 2 unspecified atom stereocenters. The minimum absolute atomic E-state index is 0. The number of nitrogens with zero attached hydrogens (tertiary/aromatic N) is 3. The monoisotopic (exact) mass is 541 g/mol. The van der Waals surface area contributed by atoms with Crippen molar-refractivity contribution in [3.63, 3.8) is 0 Å². The van der Waals surface area contributed by atoms with Gasteiger partial charge in [0, 0.05) is 51.2 Å². The molecule has 2 aliphatic rings. The van der Waals surface area contributed by atoms with Gasteiger partial charge in [0.15, 0.2) is 5.96 Å². The molecular formula is C24H40IN5O. The number of aliphatic imine (C=N–C) groups is 1. The minimum Gasteiger partial charge on any atom is -0.354 e. The summed E-state index contributed by atoms with van der Waals surface area (Å²) in [5.74, 6) is 1.73. The molecule has 0 radical (unpaired) electrons. The standard InChI is InChI=1S/C24H39N5O.HI/c1-24(2,3)22(30)26-13-14-27-23(25-4)29-16-12-21-20(18-29)11-8-15-28(21)17-19-9-6-5-7-10-19;/h5-7,9-10,20-21H,8,11-18H2,1-4H3,(H,25,27)(H,26,30);1H. The molecular weight excluding hydrogens is 501 g/mol. The Labute approximate surface area is 205 Å². The highest BCUT2D eigenvalue weighted by Crippen LogP contribution is 2.31. The first-order valence-electron chi connectivity index (χ1n) is 11.4. The van der Waals surface area contributed by atoms with Gasteiger partial charge in [-0.05, 0) is 37.3 Å². The molecule has 31 heavy (non-hydrogen) atoms. The van der Waals surface area contributed by atoms with E-state index >= 15 is 0 Å². The maximum atomic E-state index is 12.0. The molecule has 0 spiro atoms. The number of likely N-dealkylation sites (tertiary alicyclic amines) is 2. The van der Waals surface area contributed by atoms with Crippen molar-refractivity contribution in [3.8, 4) is 0 Å². The number of benzene rings is 1. The van der Waals surface area contributed by atoms with E-state index in [2.05, 4.69) is 55.8 Å². The molecule has 3 rings (SSSR count). The molecule has 6 nitrogen and oxygen atoms in total. The smallest absolute Gasteiger partial charge is 0.225 e. The van der Waals surface area contributed by atoms with E-state index in [4.69, 9.17) is 0 Å². The quantitative estimate of drug-likeness (QED) is 0.260. The Morgan fingerprint density at radius 2 is 1.81 bits per heavy atom. The van der Waals surface area contributed by atoms with E-state index in [1.54, 1.807) is 0 Å². The summed E-state index contributed by atoms with van der Waals surface area (Å²) in [6.07, 6.45) is 3.75. The second kappa shape index (κ2) is 12.0. The van der Waals surface area contributed by atoms with Crippen molar-refractivity contribution in [1.29, 1.82) is 0 Å². The maximum absolute atomic E-state index is 12.0. The number of nitrogens with one attached hydrogen (secondary N) is 2. The van der Waals surface area contributed by atoms with Crippen LogP contribution >= 0.6 is 24.0 Å². The summed E-state index contributed by atoms with van der Waals surface area (Å²) in [7, 11) is 1.85. The lowest BCUT2D eigenvalue weighted by Crippen LogP contribution is -2.57. The Kier molecular flexibility index (Phi) is 10.1. The van der Waals surface area contributed by atoms with Crippen LogP contribution in [0.15, 0.2) is 35.3 Å². The van der Waals surface area contributed by atoms with E-state index in [-0.39, 0.29) is 35.3 Å². The second-order valence-corrected chi connectivity index (χ2v) is 9.64. The fourth-order valence-electron chi connectivity index (χ4n) is 4.66. The van der Waals surface area contributed by atoms with E-state index in [1.807, 2.05) is 27.8 Å². The number of guanidine groups is 1. The molecule has 2 heterocycles. The van der Waals surface area contributed by atoms with Gasteiger partial charge in [-0.3, -0.25) is 14.7 Å². The van der Waals surface area contributed by atoms with Gasteiger partial charge in [-0.15, -0.1) is 24.0 Å². The van der Waals surface area contributed by atoms with Crippen LogP contribution in [0.1, 0.15) is 45.6 Å². The number of rotatable bonds is 5. The van der Waals surface area contributed by atoms with E-state index in [1.165, 1.54) is 31.4 Å². The lowest BCUT2D eigenvalue weighted by atomic mass is 9.83. The molecule has 1 aromatic carbocycles. The van der Waals surface area contributed by atoms with Crippen LogP contribution < -0.4 is 10.6 Å². The summed E-state index contributed by atoms with van der Waals surface area (Å²) in [6, 6.07) is 11.5. The number of carbonyl (C=O) groups excluding carboxylic acids is 1. The van der Waals surface area contributed by atoms with Gasteiger partial charge < -0.3 is 15.5 Å². The van der Waals surface area contributed by atoms with Crippen LogP contribution in [0.3, 0.4) is 0 Å². The largest absolute Gasteiger partial charge is 0.354 e. The molecule has 174 valence electrons. The van der Waals surface area contributed by atoms with Crippen molar-refractivity contribution in [1.82, 2.24) is 20.4 Å². The van der Waals surface area contributed by atoms with E-state index in [0.717, 1.165) is 25.6 Å². The van der Waals surface area contributed by atoms with Gasteiger partial charge in [-0.1, -0.05) is 51.1 Å². The van der Waals surface area contributed by atoms with Crippen molar-refractivity contribution >= 4 is 35.8 Å². The molecule has 0 aliphatic carbocycles. The summed E-state index contributed by atoms with van der Waals surface area (Å²) in [4.78, 5) is 21.6. The first-order valence-corrected chi connectivity index (χ1v) is 11.4. The maximum Gasteiger partial charge on any atom is 0.225 e. The lowest BCUT2D eigenvalue weighted by molar-refractivity contribution is -0.128. The van der Waals surface area contributed by atoms with Crippen LogP contribution in [-0.2, 0) is 11.3 Å². The average molecular weight is 542 g/mol. The first-order chi connectivity index (χ1) is 14.4. The molecule has 0 bridgehead atoms. The summed E-state index contributed by atoms with van der Waals surface area (Å²) >= 11 is 0. The Morgan fingerprint density at radius 3 is 2.48 bits per heavy atom. The highest BCUT2D eigenvalue weighted by molar-refractivity contribution is 14.0. The van der Waals surface area contributed by atoms with E-state index in [0.29, 0.717) is 25.0 Å². The zero-order valence-corrected chi connectivity index (χ0v) is 21.9. The SMILES string of the molecule is CN=C(NCCNC(=O)C(C)(C)C)N1CCC2C(CCCN2Cc2ccccc2)C1.I. The highest BCUT2D eigenvalue weighted by Gasteiger charge is 2.36. The second-order valence-electron chi connectivity index (χ2n) is 9.64. The summed E-state index contributed by atoms with van der Waals surface area (Å²) in [5.41, 5.74) is 1.06. The Bertz CT molecular complexity index is 718. The average Bonchev–Trinajstić information content (AvgIpc) is 2.73. The van der Waals surface area contributed by atoms with Crippen molar-refractivity contribution in [2.75, 3.05) is 39.8 Å². The fraction of sp³-hybridized carbons (Fsp3) is 0.667. The topological polar surface area (TPSA) is 60.0 Å². The first kappa shape index (κ1) is 25.9. The Morgan fingerprint density at radius 1 is 1.10 bits per heavy atom. The van der Waals surface area contributed by atoms with Gasteiger partial charge in [-0.2, -0.15) is 0 Å². The van der Waals surface area contributed by atoms with Gasteiger partial charge in [0.05, 0.1) is 0 Å². The molecule has 2 atom stereocenters. The minimum atomic E-state index is -0.351. The summed E-state index contributed by atoms with van der Waals surface area (Å²) in [5, 5.41) is 6.44. The van der Waals surface area contributed by atoms with Crippen LogP contribution in [0.25, 0.3) is 0 Å². The molecule has 0 saturated carbocycles. The van der Waals surface area contributed by atoms with Gasteiger partial charge >= 0.3 is 0 Å². The zero-order chi connectivity index (χ0) is 21.6. The summed E-state index contributed by atoms with van der Waals surface area (Å²) in [6.45, 7) is 11.5. The van der Waals surface area contributed by atoms with Crippen molar-refractivity contribution in [2.24, 2.45) is 16.3 Å². The lowest BCUT2D eigenvalue weighted by Gasteiger charge is -2.48. The number of halogens is 1. The molecule has 1 amide bonds. The molecule has 2 N–H and O–H groups in total. The number of fused-ring (bicyclic) bond motifs is 1. The molecule has 2 aliphatic heterocycles. The van der Waals surface area contributed by atoms with Gasteiger partial charge in [-0.25, -0.2) is 0 Å². The number of piperidine rings is 2. The van der Waals surface area contributed by atoms with Crippen LogP contribution in [0.4, 0.5) is 0 Å². The number of hydrogen-bond acceptors (Lipinski definition) is 3. The van der Waals surface area contributed by atoms with Crippen LogP contribution in [0.2, 0.25) is 0 Å². The van der Waals surface area contributed by atoms with E-state index < -0.39 is 0 Å². The van der Waals surface area contributed by atoms with Crippen LogP contribution in [0, 0.1) is 11.3 Å². The third-order valence-corrected chi connectivity index (χ3v) is 6.30. The molecule has 1 aromatic rings. The van der Waals surface area contributed by atoms with E-state index in [9.17, 15) is 4.79 Å². The Hall–Kier alpha value is -1.35. The molecule has 0 aromatic heterocycles. The molecule has 2 saturated heterocycles. The third-order valence-electron chi connectivity index (χ3n) is 6.30. The molecule has 7 heteroatoms. The fourth-order valence-corrected chi connectivity index (χ4v) is 4.66. The van der Waals surface area contributed by atoms with Crippen LogP contribution in [-0.4, -0.2) is 67.5 Å². The zero-order valence-electron chi connectivity index (χ0n) is 19.6. The summed E-state index contributed by atoms with van der Waals surface area (Å²) < 4.78 is 0. The van der Waals surface area contributed by atoms with Gasteiger partial charge in [0.1, 0.15) is 0 Å². The predicted octanol–water partition coefficient (Wildman–Crippen LogP) is 3.33. The highest BCUT2D eigenvalue weighted by atomic mass is 127. The number of hydrogen-bond donors (Lipinski definition) is 2. The normalized spacial score (nSPS) is 22.3. The van der Waals surface area contributed by atoms with Gasteiger partial charge in [0.25, 0.3) is 0 Å². The Balaban J connectivity index is 0.00000341. The van der Waals surface area contributed by atoms with Crippen LogP contribution in [0.5, 0.6) is 0 Å². The predicted molar refractivity (Wildman–Crippen MR) is 139 cm³/mol. The van der Waals surface area contributed by atoms with Crippen molar-refractivity contribution < 1.29 is 4.79 Å². The number of amides is 1. The molecule has 2 fully saturated rings. The third kappa shape index (κ3) is 7.34. The van der Waals surface area contributed by atoms with Crippen molar-refractivity contribution in [3.05, 3.63) is 35.9 Å².